The lowest BCUT2D eigenvalue weighted by molar-refractivity contribution is -0.121. The van der Waals surface area contributed by atoms with Crippen LogP contribution in [0.3, 0.4) is 0 Å². The van der Waals surface area contributed by atoms with Crippen molar-refractivity contribution in [2.24, 2.45) is 11.3 Å². The normalized spacial score (nSPS) is 26.5. The highest BCUT2D eigenvalue weighted by Crippen LogP contribution is 2.58. The summed E-state index contributed by atoms with van der Waals surface area (Å²) in [7, 11) is 0. The van der Waals surface area contributed by atoms with Crippen molar-refractivity contribution in [3.63, 3.8) is 0 Å². The molecule has 2 bridgehead atoms. The highest BCUT2D eigenvalue weighted by Gasteiger charge is 2.53. The summed E-state index contributed by atoms with van der Waals surface area (Å²) in [6, 6.07) is 10.1. The van der Waals surface area contributed by atoms with E-state index in [-0.39, 0.29) is 16.7 Å². The topological polar surface area (TPSA) is 94.5 Å². The van der Waals surface area contributed by atoms with Crippen LogP contribution >= 0.6 is 0 Å². The van der Waals surface area contributed by atoms with Crippen LogP contribution in [-0.4, -0.2) is 41.0 Å². The molecule has 2 aromatic heterocycles. The Morgan fingerprint density at radius 2 is 1.74 bits per heavy atom. The number of fused-ring (bicyclic) bond motifs is 3. The number of amides is 1. The molecule has 4 aliphatic carbocycles. The number of hydrogen-bond donors (Lipinski definition) is 0. The van der Waals surface area contributed by atoms with Gasteiger partial charge in [0.2, 0.25) is 5.91 Å². The molecule has 0 radical (unpaired) electrons. The van der Waals surface area contributed by atoms with E-state index < -0.39 is 11.8 Å². The summed E-state index contributed by atoms with van der Waals surface area (Å²) >= 11 is 0. The van der Waals surface area contributed by atoms with Crippen molar-refractivity contribution >= 4 is 11.6 Å². The van der Waals surface area contributed by atoms with Crippen molar-refractivity contribution in [1.82, 2.24) is 15.3 Å². The maximum Gasteiger partial charge on any atom is 0.322 e. The molecule has 1 aromatic carbocycles. The van der Waals surface area contributed by atoms with Gasteiger partial charge in [-0.15, -0.1) is 0 Å². The van der Waals surface area contributed by atoms with Crippen molar-refractivity contribution in [2.75, 3.05) is 24.7 Å². The Kier molecular flexibility index (Phi) is 6.95. The summed E-state index contributed by atoms with van der Waals surface area (Å²) in [5.74, 6) is -1.48. The number of aromatic nitrogens is 3. The first-order valence-corrected chi connectivity index (χ1v) is 15.4. The van der Waals surface area contributed by atoms with Crippen LogP contribution in [0.1, 0.15) is 101 Å². The van der Waals surface area contributed by atoms with Gasteiger partial charge in [-0.2, -0.15) is 13.8 Å². The lowest BCUT2D eigenvalue weighted by Gasteiger charge is -2.53. The average molecular weight is 581 g/mol. The zero-order chi connectivity index (χ0) is 29.0. The fourth-order valence-electron chi connectivity index (χ4n) is 7.24. The number of nitrogens with zero attached hydrogens (tertiary/aromatic N) is 4. The highest BCUT2D eigenvalue weighted by molar-refractivity contribution is 5.94. The third kappa shape index (κ3) is 5.38. The zero-order valence-electron chi connectivity index (χ0n) is 24.1. The largest absolute Gasteiger partial charge is 0.381 e. The van der Waals surface area contributed by atoms with Gasteiger partial charge in [0.15, 0.2) is 5.82 Å². The van der Waals surface area contributed by atoms with Gasteiger partial charge in [0.05, 0.1) is 0 Å². The first kappa shape index (κ1) is 27.7. The van der Waals surface area contributed by atoms with Crippen LogP contribution in [0.25, 0.3) is 11.3 Å². The number of carbonyl (C=O) groups excluding carboxylic acids is 1. The minimum Gasteiger partial charge on any atom is -0.381 e. The van der Waals surface area contributed by atoms with Gasteiger partial charge in [0.1, 0.15) is 11.5 Å². The van der Waals surface area contributed by atoms with Gasteiger partial charge in [-0.3, -0.25) is 4.79 Å². The Bertz CT molecular complexity index is 1410. The molecule has 5 fully saturated rings. The van der Waals surface area contributed by atoms with Gasteiger partial charge in [0, 0.05) is 61.8 Å². The molecular weight excluding hydrogens is 542 g/mol. The maximum atomic E-state index is 14.0. The molecule has 42 heavy (non-hydrogen) atoms. The van der Waals surface area contributed by atoms with Gasteiger partial charge < -0.3 is 18.7 Å². The fraction of sp³-hybridized carbons (Fsp3) is 0.625. The van der Waals surface area contributed by atoms with E-state index in [2.05, 4.69) is 21.4 Å². The summed E-state index contributed by atoms with van der Waals surface area (Å²) in [6.07, 6.45) is 9.64. The molecule has 5 aliphatic rings. The van der Waals surface area contributed by atoms with E-state index in [1.165, 1.54) is 0 Å². The highest BCUT2D eigenvalue weighted by atomic mass is 19.3. The third-order valence-electron chi connectivity index (χ3n) is 10.2. The first-order chi connectivity index (χ1) is 20.2. The van der Waals surface area contributed by atoms with Crippen LogP contribution in [-0.2, 0) is 20.9 Å². The van der Waals surface area contributed by atoms with Crippen LogP contribution < -0.4 is 4.90 Å². The molecule has 1 amide bonds. The predicted octanol–water partition coefficient (Wildman–Crippen LogP) is 7.16. The number of hydrogen-bond acceptors (Lipinski definition) is 7. The quantitative estimate of drug-likeness (QED) is 0.265. The number of benzene rings is 1. The monoisotopic (exact) mass is 580 g/mol. The number of anilines is 1. The summed E-state index contributed by atoms with van der Waals surface area (Å²) in [5.41, 5.74) is 2.24. The van der Waals surface area contributed by atoms with E-state index in [1.807, 2.05) is 29.2 Å². The Hall–Kier alpha value is -3.14. The van der Waals surface area contributed by atoms with Crippen LogP contribution in [0.5, 0.6) is 0 Å². The molecule has 3 heterocycles. The molecule has 0 spiro atoms. The number of carbonyl (C=O) groups is 1. The SMILES string of the molecule is CC(F)(F)c1nc(C23CCC(CN(C(=O)CC4CCOCC4)c4cccc(-c5cc(C6CC6)on5)c4)(CC2)CC3)no1. The predicted molar refractivity (Wildman–Crippen MR) is 150 cm³/mol. The summed E-state index contributed by atoms with van der Waals surface area (Å²) < 4.78 is 43.7. The second kappa shape index (κ2) is 10.5. The molecule has 1 saturated heterocycles. The molecular formula is C32H38F2N4O4. The number of alkyl halides is 2. The van der Waals surface area contributed by atoms with E-state index in [9.17, 15) is 13.6 Å². The van der Waals surface area contributed by atoms with Crippen molar-refractivity contribution in [1.29, 1.82) is 0 Å². The Morgan fingerprint density at radius 1 is 1.00 bits per heavy atom. The van der Waals surface area contributed by atoms with Gasteiger partial charge in [0.25, 0.3) is 5.89 Å². The molecule has 0 N–H and O–H groups in total. The molecule has 8 rings (SSSR count). The zero-order valence-corrected chi connectivity index (χ0v) is 24.1. The van der Waals surface area contributed by atoms with E-state index in [4.69, 9.17) is 13.8 Å². The van der Waals surface area contributed by atoms with E-state index >= 15 is 0 Å². The van der Waals surface area contributed by atoms with Gasteiger partial charge in [-0.25, -0.2) is 0 Å². The minimum atomic E-state index is -3.15. The van der Waals surface area contributed by atoms with Crippen LogP contribution in [0.2, 0.25) is 0 Å². The molecule has 224 valence electrons. The average Bonchev–Trinajstić information content (AvgIpc) is 3.49. The Morgan fingerprint density at radius 3 is 2.40 bits per heavy atom. The molecule has 0 atom stereocenters. The minimum absolute atomic E-state index is 0.0443. The molecule has 10 heteroatoms. The lowest BCUT2D eigenvalue weighted by Crippen LogP contribution is -2.51. The number of rotatable bonds is 9. The second-order valence-corrected chi connectivity index (χ2v) is 13.3. The van der Waals surface area contributed by atoms with E-state index in [1.54, 1.807) is 0 Å². The third-order valence-corrected chi connectivity index (χ3v) is 10.2. The molecule has 1 aliphatic heterocycles. The van der Waals surface area contributed by atoms with Crippen molar-refractivity contribution in [2.45, 2.75) is 94.8 Å². The summed E-state index contributed by atoms with van der Waals surface area (Å²) in [4.78, 5) is 20.2. The number of halogens is 2. The van der Waals surface area contributed by atoms with E-state index in [0.29, 0.717) is 43.8 Å². The van der Waals surface area contributed by atoms with Gasteiger partial charge in [-0.1, -0.05) is 22.4 Å². The van der Waals surface area contributed by atoms with Gasteiger partial charge >= 0.3 is 5.92 Å². The van der Waals surface area contributed by atoms with Crippen LogP contribution in [0, 0.1) is 11.3 Å². The number of ether oxygens (including phenoxy) is 1. The standard InChI is InChI=1S/C32H38F2N4O4/c1-30(33,34)29-35-28(37-42-29)32-12-9-31(10-13-32,11-14-32)20-38(27(39)17-21-7-15-40-16-8-21)24-4-2-3-23(18-24)25-19-26(41-36-25)22-5-6-22/h2-4,18-19,21-22H,5-17,20H2,1H3. The summed E-state index contributed by atoms with van der Waals surface area (Å²) in [6.45, 7) is 2.82. The van der Waals surface area contributed by atoms with Crippen LogP contribution in [0.4, 0.5) is 14.5 Å². The molecule has 4 saturated carbocycles. The fourth-order valence-corrected chi connectivity index (χ4v) is 7.24. The Labute approximate surface area is 244 Å². The smallest absolute Gasteiger partial charge is 0.322 e. The molecule has 3 aromatic rings. The van der Waals surface area contributed by atoms with E-state index in [0.717, 1.165) is 93.8 Å². The molecule has 0 unspecified atom stereocenters. The van der Waals surface area contributed by atoms with Crippen molar-refractivity contribution < 1.29 is 27.4 Å². The lowest BCUT2D eigenvalue weighted by atomic mass is 9.53. The van der Waals surface area contributed by atoms with Crippen LogP contribution in [0.15, 0.2) is 39.4 Å². The van der Waals surface area contributed by atoms with Crippen molar-refractivity contribution in [3.05, 3.63) is 47.8 Å². The first-order valence-electron chi connectivity index (χ1n) is 15.4. The van der Waals surface area contributed by atoms with Gasteiger partial charge in [-0.05, 0) is 87.7 Å². The summed E-state index contributed by atoms with van der Waals surface area (Å²) in [5, 5.41) is 8.33. The second-order valence-electron chi connectivity index (χ2n) is 13.3. The Balaban J connectivity index is 1.13. The maximum absolute atomic E-state index is 14.0. The van der Waals surface area contributed by atoms with Crippen molar-refractivity contribution in [3.8, 4) is 11.3 Å². The molecule has 8 nitrogen and oxygen atoms in total.